The fraction of sp³-hybridized carbons (Fsp3) is 0.650. The molecule has 4 aliphatic rings. The highest BCUT2D eigenvalue weighted by atomic mass is 16.3. The Labute approximate surface area is 154 Å². The molecule has 3 aliphatic carbocycles. The summed E-state index contributed by atoms with van der Waals surface area (Å²) in [5.41, 5.74) is 2.79. The van der Waals surface area contributed by atoms with E-state index in [-0.39, 0.29) is 11.9 Å². The summed E-state index contributed by atoms with van der Waals surface area (Å²) in [4.78, 5) is 21.6. The minimum absolute atomic E-state index is 0.0154. The molecule has 5 nitrogen and oxygen atoms in total. The highest BCUT2D eigenvalue weighted by Crippen LogP contribution is 2.61. The summed E-state index contributed by atoms with van der Waals surface area (Å²) in [6.07, 6.45) is 8.41. The Hall–Kier alpha value is -1.69. The first-order valence-corrected chi connectivity index (χ1v) is 9.91. The van der Waals surface area contributed by atoms with Gasteiger partial charge in [-0.2, -0.15) is 0 Å². The van der Waals surface area contributed by atoms with Gasteiger partial charge in [-0.05, 0) is 86.8 Å². The molecule has 26 heavy (non-hydrogen) atoms. The topological polar surface area (TPSA) is 74.6 Å². The lowest BCUT2D eigenvalue weighted by Gasteiger charge is -2.60. The van der Waals surface area contributed by atoms with Crippen molar-refractivity contribution in [3.8, 4) is 0 Å². The van der Waals surface area contributed by atoms with Crippen LogP contribution in [0.4, 0.5) is 5.82 Å². The predicted molar refractivity (Wildman–Crippen MR) is 103 cm³/mol. The normalized spacial score (nSPS) is 32.2. The average Bonchev–Trinajstić information content (AvgIpc) is 3.25. The molecule has 136 valence electrons. The Morgan fingerprint density at radius 2 is 2.04 bits per heavy atom. The third-order valence-electron chi connectivity index (χ3n) is 6.93. The largest absolute Gasteiger partial charge is 0.390 e. The minimum Gasteiger partial charge on any atom is -0.390 e. The van der Waals surface area contributed by atoms with E-state index in [0.717, 1.165) is 44.2 Å². The Kier molecular flexibility index (Phi) is 3.43. The molecular formula is C20H26BN3O2. The molecule has 0 radical (unpaired) electrons. The molecular weight excluding hydrogens is 325 g/mol. The molecule has 6 heteroatoms. The van der Waals surface area contributed by atoms with E-state index in [1.54, 1.807) is 6.20 Å². The molecule has 1 aromatic heterocycles. The summed E-state index contributed by atoms with van der Waals surface area (Å²) in [6, 6.07) is 2.23. The van der Waals surface area contributed by atoms with Gasteiger partial charge in [-0.15, -0.1) is 0 Å². The third kappa shape index (κ3) is 2.79. The van der Waals surface area contributed by atoms with Crippen molar-refractivity contribution in [2.24, 2.45) is 22.2 Å². The third-order valence-corrected chi connectivity index (χ3v) is 6.93. The monoisotopic (exact) mass is 351 g/mol. The van der Waals surface area contributed by atoms with Crippen molar-refractivity contribution in [3.05, 3.63) is 17.8 Å². The Bertz CT molecular complexity index is 796. The van der Waals surface area contributed by atoms with E-state index >= 15 is 0 Å². The molecule has 0 unspecified atom stereocenters. The number of aliphatic imine (C=N–C) groups is 1. The summed E-state index contributed by atoms with van der Waals surface area (Å²) in [6.45, 7) is 3.81. The van der Waals surface area contributed by atoms with Crippen molar-refractivity contribution in [1.29, 1.82) is 0 Å². The van der Waals surface area contributed by atoms with Crippen LogP contribution in [0.3, 0.4) is 0 Å². The molecule has 0 aromatic carbocycles. The van der Waals surface area contributed by atoms with Crippen LogP contribution in [0.5, 0.6) is 0 Å². The van der Waals surface area contributed by atoms with Gasteiger partial charge in [0.2, 0.25) is 7.28 Å². The quantitative estimate of drug-likeness (QED) is 0.811. The van der Waals surface area contributed by atoms with E-state index in [4.69, 9.17) is 0 Å². The van der Waals surface area contributed by atoms with Crippen LogP contribution in [0.2, 0.25) is 0 Å². The van der Waals surface area contributed by atoms with Crippen LogP contribution in [0.25, 0.3) is 0 Å². The first-order chi connectivity index (χ1) is 12.3. The number of carbonyl (C=O) groups is 1. The van der Waals surface area contributed by atoms with Gasteiger partial charge >= 0.3 is 0 Å². The van der Waals surface area contributed by atoms with E-state index in [2.05, 4.69) is 15.3 Å². The van der Waals surface area contributed by atoms with Crippen molar-refractivity contribution in [3.63, 3.8) is 0 Å². The molecule has 0 bridgehead atoms. The number of aromatic nitrogens is 1. The molecule has 0 saturated heterocycles. The van der Waals surface area contributed by atoms with E-state index in [1.807, 2.05) is 19.9 Å². The first-order valence-electron chi connectivity index (χ1n) is 9.91. The highest BCUT2D eigenvalue weighted by Gasteiger charge is 2.56. The summed E-state index contributed by atoms with van der Waals surface area (Å²) in [5.74, 6) is 1.85. The number of pyridine rings is 1. The van der Waals surface area contributed by atoms with Crippen LogP contribution in [-0.2, 0) is 0 Å². The van der Waals surface area contributed by atoms with Gasteiger partial charge in [0.15, 0.2) is 0 Å². The molecule has 5 rings (SSSR count). The van der Waals surface area contributed by atoms with Crippen LogP contribution >= 0.6 is 0 Å². The first kappa shape index (κ1) is 16.5. The molecule has 0 atom stereocenters. The van der Waals surface area contributed by atoms with Gasteiger partial charge in [0.05, 0.1) is 11.2 Å². The van der Waals surface area contributed by atoms with Gasteiger partial charge in [0.25, 0.3) is 5.91 Å². The zero-order valence-corrected chi connectivity index (χ0v) is 15.6. The molecule has 2 N–H and O–H groups in total. The smallest absolute Gasteiger partial charge is 0.253 e. The van der Waals surface area contributed by atoms with E-state index in [0.29, 0.717) is 22.8 Å². The minimum atomic E-state index is -0.572. The number of nitrogens with one attached hydrogen (secondary N) is 1. The lowest BCUT2D eigenvalue weighted by Crippen LogP contribution is -2.59. The number of hydrogen-bond acceptors (Lipinski definition) is 4. The Morgan fingerprint density at radius 3 is 2.69 bits per heavy atom. The zero-order chi connectivity index (χ0) is 18.1. The summed E-state index contributed by atoms with van der Waals surface area (Å²) in [5, 5.41) is 13.3. The van der Waals surface area contributed by atoms with Gasteiger partial charge < -0.3 is 10.4 Å². The van der Waals surface area contributed by atoms with Crippen LogP contribution in [0.15, 0.2) is 17.3 Å². The fourth-order valence-corrected chi connectivity index (χ4v) is 5.06. The van der Waals surface area contributed by atoms with Crippen molar-refractivity contribution in [2.75, 3.05) is 0 Å². The zero-order valence-electron chi connectivity index (χ0n) is 15.6. The predicted octanol–water partition coefficient (Wildman–Crippen LogP) is 1.66. The fourth-order valence-electron chi connectivity index (χ4n) is 5.06. The maximum atomic E-state index is 12.6. The van der Waals surface area contributed by atoms with Crippen molar-refractivity contribution < 1.29 is 9.90 Å². The second-order valence-electron chi connectivity index (χ2n) is 9.60. The molecule has 2 heterocycles. The van der Waals surface area contributed by atoms with E-state index < -0.39 is 5.60 Å². The number of hydrogen-bond donors (Lipinski definition) is 2. The Morgan fingerprint density at radius 1 is 1.31 bits per heavy atom. The maximum Gasteiger partial charge on any atom is 0.253 e. The number of fused-ring (bicyclic) bond motifs is 1. The lowest BCUT2D eigenvalue weighted by atomic mass is 9.47. The standard InChI is InChI=1S/C20H26BN3O2/c1-19(2,26)13-6-20(7-13)8-14(9-20)23-18(25)12-5-15-17(22-10-12)24-16(21-15)11-3-4-11/h5,10-11,13-14,21,26H,3-4,6-9H2,1-2H3,(H,23,25). The van der Waals surface area contributed by atoms with Gasteiger partial charge in [-0.1, -0.05) is 0 Å². The van der Waals surface area contributed by atoms with Crippen molar-refractivity contribution in [2.45, 2.75) is 64.0 Å². The van der Waals surface area contributed by atoms with Crippen molar-refractivity contribution in [1.82, 2.24) is 10.3 Å². The Balaban J connectivity index is 1.16. The maximum absolute atomic E-state index is 12.6. The molecule has 1 amide bonds. The number of nitrogens with zero attached hydrogens (tertiary/aromatic N) is 2. The second-order valence-corrected chi connectivity index (χ2v) is 9.60. The van der Waals surface area contributed by atoms with Crippen LogP contribution in [0, 0.1) is 17.3 Å². The molecule has 1 aliphatic heterocycles. The molecule has 1 spiro atoms. The van der Waals surface area contributed by atoms with Crippen molar-refractivity contribution >= 4 is 30.1 Å². The van der Waals surface area contributed by atoms with E-state index in [1.165, 1.54) is 18.5 Å². The molecule has 1 aromatic rings. The van der Waals surface area contributed by atoms with Gasteiger partial charge in [0, 0.05) is 12.2 Å². The molecule has 3 saturated carbocycles. The average molecular weight is 351 g/mol. The second kappa shape index (κ2) is 5.41. The summed E-state index contributed by atoms with van der Waals surface area (Å²) >= 11 is 0. The van der Waals surface area contributed by atoms with Gasteiger partial charge in [-0.3, -0.25) is 4.79 Å². The summed E-state index contributed by atoms with van der Waals surface area (Å²) in [7, 11) is 0.860. The van der Waals surface area contributed by atoms with Gasteiger partial charge in [0.1, 0.15) is 5.82 Å². The summed E-state index contributed by atoms with van der Waals surface area (Å²) < 4.78 is 0. The van der Waals surface area contributed by atoms with Crippen LogP contribution in [-0.4, -0.2) is 40.5 Å². The number of aliphatic hydroxyl groups is 1. The van der Waals surface area contributed by atoms with Crippen LogP contribution < -0.4 is 10.8 Å². The number of amides is 1. The van der Waals surface area contributed by atoms with E-state index in [9.17, 15) is 9.90 Å². The lowest BCUT2D eigenvalue weighted by molar-refractivity contribution is -0.127. The molecule has 3 fully saturated rings. The number of carbonyl (C=O) groups excluding carboxylic acids is 1. The number of rotatable bonds is 4. The SMILES string of the molecule is CC(C)(O)C1CC2(CC(NC(=O)c3cnc4c(c3)BC(C3CC3)=N4)C2)C1. The van der Waals surface area contributed by atoms with Gasteiger partial charge in [-0.25, -0.2) is 9.98 Å². The van der Waals surface area contributed by atoms with Crippen LogP contribution in [0.1, 0.15) is 62.7 Å². The highest BCUT2D eigenvalue weighted by molar-refractivity contribution is 6.88.